The van der Waals surface area contributed by atoms with Crippen molar-refractivity contribution in [1.82, 2.24) is 0 Å². The van der Waals surface area contributed by atoms with Crippen LogP contribution in [-0.4, -0.2) is 17.8 Å². The number of benzene rings is 1. The lowest BCUT2D eigenvalue weighted by molar-refractivity contribution is 0.0641. The molecule has 0 amide bonds. The van der Waals surface area contributed by atoms with Crippen molar-refractivity contribution >= 4 is 0 Å². The molecule has 1 N–H and O–H groups in total. The van der Waals surface area contributed by atoms with E-state index in [-0.39, 0.29) is 6.10 Å². The van der Waals surface area contributed by atoms with Gasteiger partial charge in [-0.25, -0.2) is 0 Å². The molecule has 0 aliphatic carbocycles. The van der Waals surface area contributed by atoms with E-state index in [2.05, 4.69) is 6.92 Å². The van der Waals surface area contributed by atoms with Crippen LogP contribution in [0.15, 0.2) is 18.2 Å². The summed E-state index contributed by atoms with van der Waals surface area (Å²) >= 11 is 0. The zero-order valence-corrected chi connectivity index (χ0v) is 9.77. The van der Waals surface area contributed by atoms with Crippen LogP contribution < -0.4 is 9.47 Å². The summed E-state index contributed by atoms with van der Waals surface area (Å²) < 4.78 is 11.3. The quantitative estimate of drug-likeness (QED) is 0.851. The van der Waals surface area contributed by atoms with Crippen molar-refractivity contribution in [2.75, 3.05) is 6.61 Å². The van der Waals surface area contributed by atoms with Crippen LogP contribution in [0.3, 0.4) is 0 Å². The molecule has 0 fully saturated rings. The van der Waals surface area contributed by atoms with Crippen LogP contribution in [0.4, 0.5) is 0 Å². The topological polar surface area (TPSA) is 38.7 Å². The third-order valence-electron chi connectivity index (χ3n) is 2.81. The lowest BCUT2D eigenvalue weighted by atomic mass is 10.1. The first-order valence-corrected chi connectivity index (χ1v) is 5.88. The van der Waals surface area contributed by atoms with E-state index in [1.165, 1.54) is 0 Å². The molecule has 0 bridgehead atoms. The van der Waals surface area contributed by atoms with Crippen molar-refractivity contribution in [3.8, 4) is 11.5 Å². The van der Waals surface area contributed by atoms with Gasteiger partial charge in [0.15, 0.2) is 11.5 Å². The number of rotatable bonds is 4. The molecule has 0 saturated heterocycles. The summed E-state index contributed by atoms with van der Waals surface area (Å²) in [6.07, 6.45) is 1.10. The van der Waals surface area contributed by atoms with Gasteiger partial charge in [0.2, 0.25) is 0 Å². The largest absolute Gasteiger partial charge is 0.490 e. The number of fused-ring (bicyclic) bond motifs is 1. The third-order valence-corrected chi connectivity index (χ3v) is 2.81. The number of ether oxygens (including phenoxy) is 2. The van der Waals surface area contributed by atoms with Gasteiger partial charge in [0.05, 0.1) is 6.61 Å². The van der Waals surface area contributed by atoms with Crippen LogP contribution in [0, 0.1) is 0 Å². The second-order valence-electron chi connectivity index (χ2n) is 4.03. The minimum absolute atomic E-state index is 0.138. The second kappa shape index (κ2) is 4.74. The Hall–Kier alpha value is -1.22. The standard InChI is InChI=1S/C13H18O3/c1-3-8-15-11-7-5-6-9-12(14)10(4-2)16-13(9)11/h5-7,10,12,14H,3-4,8H2,1-2H3. The molecular weight excluding hydrogens is 204 g/mol. The van der Waals surface area contributed by atoms with E-state index >= 15 is 0 Å². The minimum Gasteiger partial charge on any atom is -0.490 e. The predicted octanol–water partition coefficient (Wildman–Crippen LogP) is 2.68. The SMILES string of the molecule is CCCOc1cccc2c1OC(CC)C2O. The fourth-order valence-corrected chi connectivity index (χ4v) is 1.94. The van der Waals surface area contributed by atoms with E-state index in [4.69, 9.17) is 9.47 Å². The molecule has 1 aromatic carbocycles. The Morgan fingerprint density at radius 2 is 2.19 bits per heavy atom. The van der Waals surface area contributed by atoms with Gasteiger partial charge < -0.3 is 14.6 Å². The van der Waals surface area contributed by atoms with Crippen molar-refractivity contribution in [2.24, 2.45) is 0 Å². The summed E-state index contributed by atoms with van der Waals surface area (Å²) in [6, 6.07) is 5.68. The minimum atomic E-state index is -0.523. The number of hydrogen-bond acceptors (Lipinski definition) is 3. The van der Waals surface area contributed by atoms with Crippen molar-refractivity contribution < 1.29 is 14.6 Å². The van der Waals surface area contributed by atoms with Gasteiger partial charge >= 0.3 is 0 Å². The predicted molar refractivity (Wildman–Crippen MR) is 61.9 cm³/mol. The van der Waals surface area contributed by atoms with Crippen molar-refractivity contribution in [1.29, 1.82) is 0 Å². The maximum absolute atomic E-state index is 10.0. The van der Waals surface area contributed by atoms with Crippen LogP contribution in [0.25, 0.3) is 0 Å². The van der Waals surface area contributed by atoms with Crippen molar-refractivity contribution in [3.05, 3.63) is 23.8 Å². The van der Waals surface area contributed by atoms with Gasteiger partial charge in [-0.2, -0.15) is 0 Å². The van der Waals surface area contributed by atoms with Crippen LogP contribution in [0.5, 0.6) is 11.5 Å². The Morgan fingerprint density at radius 1 is 1.38 bits per heavy atom. The zero-order chi connectivity index (χ0) is 11.5. The van der Waals surface area contributed by atoms with Crippen LogP contribution in [-0.2, 0) is 0 Å². The van der Waals surface area contributed by atoms with E-state index in [0.717, 1.165) is 29.9 Å². The van der Waals surface area contributed by atoms with Gasteiger partial charge in [-0.05, 0) is 18.9 Å². The molecule has 1 aromatic rings. The van der Waals surface area contributed by atoms with Gasteiger partial charge in [-0.1, -0.05) is 26.0 Å². The van der Waals surface area contributed by atoms with Crippen LogP contribution in [0.2, 0.25) is 0 Å². The van der Waals surface area contributed by atoms with Crippen molar-refractivity contribution in [3.63, 3.8) is 0 Å². The number of aliphatic hydroxyl groups is 1. The molecule has 2 unspecified atom stereocenters. The first-order chi connectivity index (χ1) is 7.77. The van der Waals surface area contributed by atoms with Crippen LogP contribution in [0.1, 0.15) is 38.4 Å². The van der Waals surface area contributed by atoms with Gasteiger partial charge in [0.25, 0.3) is 0 Å². The molecule has 1 heterocycles. The maximum Gasteiger partial charge on any atom is 0.167 e. The molecule has 1 aliphatic heterocycles. The van der Waals surface area contributed by atoms with Gasteiger partial charge in [0, 0.05) is 5.56 Å². The molecule has 88 valence electrons. The van der Waals surface area contributed by atoms with Crippen LogP contribution >= 0.6 is 0 Å². The van der Waals surface area contributed by atoms with E-state index in [1.54, 1.807) is 0 Å². The molecule has 2 atom stereocenters. The highest BCUT2D eigenvalue weighted by atomic mass is 16.5. The number of aliphatic hydroxyl groups excluding tert-OH is 1. The zero-order valence-electron chi connectivity index (χ0n) is 9.77. The van der Waals surface area contributed by atoms with Crippen molar-refractivity contribution in [2.45, 2.75) is 38.9 Å². The Bertz CT molecular complexity index is 362. The monoisotopic (exact) mass is 222 g/mol. The Morgan fingerprint density at radius 3 is 2.88 bits per heavy atom. The molecule has 3 heteroatoms. The first-order valence-electron chi connectivity index (χ1n) is 5.88. The second-order valence-corrected chi connectivity index (χ2v) is 4.03. The molecule has 16 heavy (non-hydrogen) atoms. The fourth-order valence-electron chi connectivity index (χ4n) is 1.94. The van der Waals surface area contributed by atoms with Gasteiger partial charge in [-0.3, -0.25) is 0 Å². The third kappa shape index (κ3) is 1.87. The van der Waals surface area contributed by atoms with E-state index < -0.39 is 6.10 Å². The summed E-state index contributed by atoms with van der Waals surface area (Å²) in [6.45, 7) is 4.74. The number of para-hydroxylation sites is 1. The average molecular weight is 222 g/mol. The van der Waals surface area contributed by atoms with Gasteiger partial charge in [0.1, 0.15) is 12.2 Å². The van der Waals surface area contributed by atoms with E-state index in [9.17, 15) is 5.11 Å². The lowest BCUT2D eigenvalue weighted by Crippen LogP contribution is -2.16. The summed E-state index contributed by atoms with van der Waals surface area (Å²) in [5.74, 6) is 1.46. The fraction of sp³-hybridized carbons (Fsp3) is 0.538. The molecular formula is C13H18O3. The Kier molecular flexibility index (Phi) is 3.34. The maximum atomic E-state index is 10.0. The molecule has 0 radical (unpaired) electrons. The summed E-state index contributed by atoms with van der Waals surface area (Å²) in [5, 5.41) is 10.0. The van der Waals surface area contributed by atoms with E-state index in [0.29, 0.717) is 6.61 Å². The highest BCUT2D eigenvalue weighted by Gasteiger charge is 2.33. The molecule has 2 rings (SSSR count). The normalized spacial score (nSPS) is 22.7. The molecule has 1 aliphatic rings. The van der Waals surface area contributed by atoms with Gasteiger partial charge in [-0.15, -0.1) is 0 Å². The highest BCUT2D eigenvalue weighted by Crippen LogP contribution is 2.43. The first kappa shape index (κ1) is 11.3. The van der Waals surface area contributed by atoms with E-state index in [1.807, 2.05) is 25.1 Å². The molecule has 0 saturated carbocycles. The molecule has 3 nitrogen and oxygen atoms in total. The summed E-state index contributed by atoms with van der Waals surface area (Å²) in [4.78, 5) is 0. The summed E-state index contributed by atoms with van der Waals surface area (Å²) in [7, 11) is 0. The molecule has 0 aromatic heterocycles. The lowest BCUT2D eigenvalue weighted by Gasteiger charge is -2.12. The smallest absolute Gasteiger partial charge is 0.167 e. The molecule has 0 spiro atoms. The number of hydrogen-bond donors (Lipinski definition) is 1. The average Bonchev–Trinajstić information content (AvgIpc) is 2.64. The Labute approximate surface area is 96.0 Å². The highest BCUT2D eigenvalue weighted by molar-refractivity contribution is 5.50. The summed E-state index contributed by atoms with van der Waals surface area (Å²) in [5.41, 5.74) is 0.848. The Balaban J connectivity index is 2.26.